The second-order valence-corrected chi connectivity index (χ2v) is 6.51. The number of rotatable bonds is 2. The van der Waals surface area contributed by atoms with Crippen LogP contribution in [0.25, 0.3) is 0 Å². The van der Waals surface area contributed by atoms with Crippen molar-refractivity contribution in [2.24, 2.45) is 5.41 Å². The van der Waals surface area contributed by atoms with Gasteiger partial charge in [-0.1, -0.05) is 24.3 Å². The Morgan fingerprint density at radius 2 is 0.920 bits per heavy atom. The van der Waals surface area contributed by atoms with Crippen LogP contribution < -0.4 is 0 Å². The molecule has 4 rings (SSSR count). The highest BCUT2D eigenvalue weighted by molar-refractivity contribution is 5.19. The van der Waals surface area contributed by atoms with Gasteiger partial charge in [-0.15, -0.1) is 0 Å². The van der Waals surface area contributed by atoms with Crippen LogP contribution in [0.2, 0.25) is 0 Å². The molecule has 2 fully saturated rings. The summed E-state index contributed by atoms with van der Waals surface area (Å²) in [7, 11) is 0. The van der Waals surface area contributed by atoms with Gasteiger partial charge in [-0.2, -0.15) is 0 Å². The smallest absolute Gasteiger partial charge is 0.183 e. The molecule has 0 N–H and O–H groups in total. The first kappa shape index (κ1) is 16.6. The van der Waals surface area contributed by atoms with Crippen LogP contribution in [0, 0.1) is 17.0 Å². The third-order valence-electron chi connectivity index (χ3n) is 4.45. The standard InChI is InChI=1S/C19H18F2O4/c20-15-5-1-13(2-6-15)17-22-9-19(10-23-17)11-24-18(25-12-19)14-3-7-16(21)8-4-14/h1-8,17-18H,9-12H2. The first-order valence-electron chi connectivity index (χ1n) is 8.11. The molecule has 2 aliphatic rings. The van der Waals surface area contributed by atoms with Crippen molar-refractivity contribution in [1.29, 1.82) is 0 Å². The zero-order valence-electron chi connectivity index (χ0n) is 13.5. The first-order chi connectivity index (χ1) is 12.1. The molecule has 0 aliphatic carbocycles. The van der Waals surface area contributed by atoms with E-state index in [0.29, 0.717) is 26.4 Å². The minimum absolute atomic E-state index is 0.294. The second-order valence-electron chi connectivity index (χ2n) is 6.51. The first-order valence-corrected chi connectivity index (χ1v) is 8.11. The van der Waals surface area contributed by atoms with Gasteiger partial charge in [-0.05, 0) is 24.3 Å². The fraction of sp³-hybridized carbons (Fsp3) is 0.368. The Morgan fingerprint density at radius 1 is 0.600 bits per heavy atom. The number of ether oxygens (including phenoxy) is 4. The lowest BCUT2D eigenvalue weighted by molar-refractivity contribution is -0.307. The van der Waals surface area contributed by atoms with E-state index in [9.17, 15) is 8.78 Å². The maximum Gasteiger partial charge on any atom is 0.183 e. The molecule has 25 heavy (non-hydrogen) atoms. The molecule has 0 saturated carbocycles. The molecule has 0 radical (unpaired) electrons. The lowest BCUT2D eigenvalue weighted by Gasteiger charge is -2.43. The van der Waals surface area contributed by atoms with Gasteiger partial charge in [-0.25, -0.2) is 8.78 Å². The Balaban J connectivity index is 1.35. The molecule has 2 saturated heterocycles. The van der Waals surface area contributed by atoms with E-state index < -0.39 is 12.6 Å². The van der Waals surface area contributed by atoms with Crippen LogP contribution in [0.3, 0.4) is 0 Å². The van der Waals surface area contributed by atoms with Crippen LogP contribution in [0.1, 0.15) is 23.7 Å². The molecule has 2 aromatic carbocycles. The van der Waals surface area contributed by atoms with E-state index in [4.69, 9.17) is 18.9 Å². The van der Waals surface area contributed by atoms with Crippen LogP contribution in [0.15, 0.2) is 48.5 Å². The van der Waals surface area contributed by atoms with Gasteiger partial charge < -0.3 is 18.9 Å². The predicted molar refractivity (Wildman–Crippen MR) is 84.5 cm³/mol. The molecule has 132 valence electrons. The Morgan fingerprint density at radius 3 is 1.24 bits per heavy atom. The summed E-state index contributed by atoms with van der Waals surface area (Å²) in [6.45, 7) is 1.69. The number of hydrogen-bond acceptors (Lipinski definition) is 4. The molecule has 0 aromatic heterocycles. The lowest BCUT2D eigenvalue weighted by atomic mass is 9.90. The van der Waals surface area contributed by atoms with Gasteiger partial charge in [0.25, 0.3) is 0 Å². The minimum Gasteiger partial charge on any atom is -0.348 e. The second kappa shape index (κ2) is 6.80. The monoisotopic (exact) mass is 348 g/mol. The third-order valence-corrected chi connectivity index (χ3v) is 4.45. The average molecular weight is 348 g/mol. The third kappa shape index (κ3) is 3.57. The predicted octanol–water partition coefficient (Wildman–Crippen LogP) is 3.74. The van der Waals surface area contributed by atoms with Crippen LogP contribution >= 0.6 is 0 Å². The molecule has 2 heterocycles. The van der Waals surface area contributed by atoms with Gasteiger partial charge in [0.1, 0.15) is 11.6 Å². The van der Waals surface area contributed by atoms with Crippen molar-refractivity contribution in [2.75, 3.05) is 26.4 Å². The Labute approximate surface area is 144 Å². The van der Waals surface area contributed by atoms with Crippen LogP contribution in [-0.2, 0) is 18.9 Å². The van der Waals surface area contributed by atoms with Gasteiger partial charge in [0, 0.05) is 11.1 Å². The van der Waals surface area contributed by atoms with E-state index in [1.54, 1.807) is 24.3 Å². The van der Waals surface area contributed by atoms with Crippen molar-refractivity contribution in [1.82, 2.24) is 0 Å². The molecule has 2 aromatic rings. The molecule has 0 amide bonds. The highest BCUT2D eigenvalue weighted by Crippen LogP contribution is 2.38. The number of hydrogen-bond donors (Lipinski definition) is 0. The summed E-state index contributed by atoms with van der Waals surface area (Å²) < 4.78 is 49.2. The molecule has 0 atom stereocenters. The minimum atomic E-state index is -0.513. The molecule has 6 heteroatoms. The molecule has 4 nitrogen and oxygen atoms in total. The van der Waals surface area contributed by atoms with Crippen molar-refractivity contribution in [2.45, 2.75) is 12.6 Å². The van der Waals surface area contributed by atoms with Crippen LogP contribution in [0.4, 0.5) is 8.78 Å². The van der Waals surface area contributed by atoms with Crippen LogP contribution in [0.5, 0.6) is 0 Å². The summed E-state index contributed by atoms with van der Waals surface area (Å²) in [5, 5.41) is 0. The molecular formula is C19H18F2O4. The number of halogens is 2. The summed E-state index contributed by atoms with van der Waals surface area (Å²) in [4.78, 5) is 0. The van der Waals surface area contributed by atoms with Gasteiger partial charge in [0.2, 0.25) is 0 Å². The summed E-state index contributed by atoms with van der Waals surface area (Å²) in [6, 6.07) is 12.1. The Bertz CT molecular complexity index is 634. The lowest BCUT2D eigenvalue weighted by Crippen LogP contribution is -2.49. The van der Waals surface area contributed by atoms with Gasteiger partial charge in [0.05, 0.1) is 31.8 Å². The van der Waals surface area contributed by atoms with Crippen molar-refractivity contribution < 1.29 is 27.7 Å². The Kier molecular flexibility index (Phi) is 4.52. The van der Waals surface area contributed by atoms with Crippen LogP contribution in [-0.4, -0.2) is 26.4 Å². The highest BCUT2D eigenvalue weighted by atomic mass is 19.1. The summed E-state index contributed by atoms with van der Waals surface area (Å²) in [5.41, 5.74) is 1.18. The Hall–Kier alpha value is -1.86. The highest BCUT2D eigenvalue weighted by Gasteiger charge is 2.42. The average Bonchev–Trinajstić information content (AvgIpc) is 2.65. The van der Waals surface area contributed by atoms with E-state index >= 15 is 0 Å². The van der Waals surface area contributed by atoms with Crippen molar-refractivity contribution >= 4 is 0 Å². The summed E-state index contributed by atoms with van der Waals surface area (Å²) >= 11 is 0. The quantitative estimate of drug-likeness (QED) is 0.828. The van der Waals surface area contributed by atoms with E-state index in [-0.39, 0.29) is 17.0 Å². The molecular weight excluding hydrogens is 330 g/mol. The van der Waals surface area contributed by atoms with Gasteiger partial charge in [-0.3, -0.25) is 0 Å². The summed E-state index contributed by atoms with van der Waals surface area (Å²) in [6.07, 6.45) is -1.03. The topological polar surface area (TPSA) is 36.9 Å². The van der Waals surface area contributed by atoms with Gasteiger partial charge in [0.15, 0.2) is 12.6 Å². The fourth-order valence-corrected chi connectivity index (χ4v) is 2.98. The number of benzene rings is 2. The summed E-state index contributed by atoms with van der Waals surface area (Å²) in [5.74, 6) is -0.589. The fourth-order valence-electron chi connectivity index (χ4n) is 2.98. The van der Waals surface area contributed by atoms with Crippen molar-refractivity contribution in [3.8, 4) is 0 Å². The molecule has 2 aliphatic heterocycles. The molecule has 0 unspecified atom stereocenters. The molecule has 0 bridgehead atoms. The van der Waals surface area contributed by atoms with Crippen molar-refractivity contribution in [3.05, 3.63) is 71.3 Å². The van der Waals surface area contributed by atoms with E-state index in [2.05, 4.69) is 0 Å². The van der Waals surface area contributed by atoms with Crippen molar-refractivity contribution in [3.63, 3.8) is 0 Å². The maximum atomic E-state index is 13.0. The largest absolute Gasteiger partial charge is 0.348 e. The van der Waals surface area contributed by atoms with E-state index in [1.807, 2.05) is 0 Å². The zero-order chi connectivity index (χ0) is 17.3. The van der Waals surface area contributed by atoms with E-state index in [0.717, 1.165) is 11.1 Å². The normalized spacial score (nSPS) is 29.7. The van der Waals surface area contributed by atoms with Gasteiger partial charge >= 0.3 is 0 Å². The van der Waals surface area contributed by atoms with E-state index in [1.165, 1.54) is 24.3 Å². The SMILES string of the molecule is Fc1ccc(C2OCC3(CO2)COC(c2ccc(F)cc2)OC3)cc1. The molecule has 1 spiro atoms. The maximum absolute atomic E-state index is 13.0. The zero-order valence-corrected chi connectivity index (χ0v) is 13.5.